The lowest BCUT2D eigenvalue weighted by Gasteiger charge is -2.16. The topological polar surface area (TPSA) is 67.1 Å². The molecule has 3 heterocycles. The molecule has 0 bridgehead atoms. The fraction of sp³-hybridized carbons (Fsp3) is 0.433. The number of aryl methyl sites for hydroxylation is 2. The zero-order valence-electron chi connectivity index (χ0n) is 21.6. The first-order valence-electron chi connectivity index (χ1n) is 13.5. The normalized spacial score (nSPS) is 16.8. The number of pyridine rings is 1. The molecular weight excluding hydrogens is 444 g/mol. The maximum atomic E-state index is 5.22. The molecule has 0 saturated heterocycles. The summed E-state index contributed by atoms with van der Waals surface area (Å²) in [6.07, 6.45) is 9.95. The minimum absolute atomic E-state index is 0.460. The minimum atomic E-state index is 0.460. The lowest BCUT2D eigenvalue weighted by molar-refractivity contribution is 0.742. The quantitative estimate of drug-likeness (QED) is 0.308. The molecule has 3 aromatic heterocycles. The van der Waals surface area contributed by atoms with Crippen LogP contribution in [0.1, 0.15) is 68.2 Å². The number of nitrogens with zero attached hydrogens (tertiary/aromatic N) is 4. The zero-order chi connectivity index (χ0) is 24.6. The molecule has 6 nitrogen and oxygen atoms in total. The molecule has 0 radical (unpaired) electrons. The smallest absolute Gasteiger partial charge is 0.223 e. The van der Waals surface area contributed by atoms with Crippen LogP contribution in [0.25, 0.3) is 28.0 Å². The predicted octanol–water partition coefficient (Wildman–Crippen LogP) is 7.09. The van der Waals surface area contributed by atoms with Gasteiger partial charge in [-0.3, -0.25) is 0 Å². The van der Waals surface area contributed by atoms with Crippen molar-refractivity contribution in [3.8, 4) is 22.5 Å². The SMILES string of the molecule is Cc1cccc(-c2nn3c(NC4CCCC4)cccc3c2-c2nc(NC3CCCC3)nc(C)c2C)c1. The first kappa shape index (κ1) is 23.0. The highest BCUT2D eigenvalue weighted by Gasteiger charge is 2.24. The van der Waals surface area contributed by atoms with Crippen molar-refractivity contribution in [1.82, 2.24) is 19.6 Å². The molecule has 0 atom stereocenters. The molecule has 4 aromatic rings. The molecule has 0 aliphatic heterocycles. The van der Waals surface area contributed by atoms with E-state index in [1.807, 2.05) is 0 Å². The number of nitrogens with one attached hydrogen (secondary N) is 2. The number of hydrogen-bond acceptors (Lipinski definition) is 5. The average molecular weight is 481 g/mol. The van der Waals surface area contributed by atoms with Gasteiger partial charge in [-0.15, -0.1) is 0 Å². The maximum absolute atomic E-state index is 5.22. The molecule has 6 rings (SSSR count). The van der Waals surface area contributed by atoms with Gasteiger partial charge in [-0.25, -0.2) is 14.5 Å². The van der Waals surface area contributed by atoms with Gasteiger partial charge in [-0.1, -0.05) is 55.5 Å². The summed E-state index contributed by atoms with van der Waals surface area (Å²) in [5.41, 5.74) is 8.52. The third-order valence-electron chi connectivity index (χ3n) is 7.97. The van der Waals surface area contributed by atoms with E-state index in [1.165, 1.54) is 56.9 Å². The Bertz CT molecular complexity index is 1390. The summed E-state index contributed by atoms with van der Waals surface area (Å²) in [5, 5.41) is 12.6. The fourth-order valence-electron chi connectivity index (χ4n) is 5.88. The van der Waals surface area contributed by atoms with Gasteiger partial charge >= 0.3 is 0 Å². The van der Waals surface area contributed by atoms with Gasteiger partial charge in [0.05, 0.1) is 16.8 Å². The third-order valence-corrected chi connectivity index (χ3v) is 7.97. The van der Waals surface area contributed by atoms with Crippen molar-refractivity contribution in [2.75, 3.05) is 10.6 Å². The third kappa shape index (κ3) is 4.34. The van der Waals surface area contributed by atoms with Crippen LogP contribution in [0.5, 0.6) is 0 Å². The van der Waals surface area contributed by atoms with Gasteiger partial charge in [-0.05, 0) is 70.2 Å². The molecule has 0 spiro atoms. The highest BCUT2D eigenvalue weighted by Crippen LogP contribution is 2.38. The van der Waals surface area contributed by atoms with Crippen molar-refractivity contribution in [1.29, 1.82) is 0 Å². The van der Waals surface area contributed by atoms with Crippen molar-refractivity contribution in [2.45, 2.75) is 84.2 Å². The number of hydrogen-bond donors (Lipinski definition) is 2. The Morgan fingerprint density at radius 1 is 0.778 bits per heavy atom. The van der Waals surface area contributed by atoms with Gasteiger partial charge in [0.25, 0.3) is 0 Å². The molecule has 0 amide bonds. The van der Waals surface area contributed by atoms with E-state index < -0.39 is 0 Å². The van der Waals surface area contributed by atoms with Crippen LogP contribution >= 0.6 is 0 Å². The van der Waals surface area contributed by atoms with Crippen molar-refractivity contribution in [2.24, 2.45) is 0 Å². The molecule has 186 valence electrons. The van der Waals surface area contributed by atoms with Crippen LogP contribution in [-0.4, -0.2) is 31.7 Å². The first-order chi connectivity index (χ1) is 17.6. The summed E-state index contributed by atoms with van der Waals surface area (Å²) in [6, 6.07) is 16.0. The monoisotopic (exact) mass is 480 g/mol. The van der Waals surface area contributed by atoms with Crippen LogP contribution < -0.4 is 10.6 Å². The van der Waals surface area contributed by atoms with E-state index in [-0.39, 0.29) is 0 Å². The van der Waals surface area contributed by atoms with Crippen LogP contribution in [0, 0.1) is 20.8 Å². The van der Waals surface area contributed by atoms with E-state index in [0.717, 1.165) is 51.1 Å². The molecular formula is C30H36N6. The molecule has 36 heavy (non-hydrogen) atoms. The summed E-state index contributed by atoms with van der Waals surface area (Å²) in [5.74, 6) is 1.78. The Kier molecular flexibility index (Phi) is 6.12. The summed E-state index contributed by atoms with van der Waals surface area (Å²) >= 11 is 0. The van der Waals surface area contributed by atoms with Crippen molar-refractivity contribution in [3.63, 3.8) is 0 Å². The number of benzene rings is 1. The van der Waals surface area contributed by atoms with Crippen LogP contribution in [0.15, 0.2) is 42.5 Å². The summed E-state index contributed by atoms with van der Waals surface area (Å²) in [6.45, 7) is 6.36. The van der Waals surface area contributed by atoms with Gasteiger partial charge in [0, 0.05) is 23.3 Å². The van der Waals surface area contributed by atoms with Crippen molar-refractivity contribution < 1.29 is 0 Å². The zero-order valence-corrected chi connectivity index (χ0v) is 21.6. The second kappa shape index (κ2) is 9.57. The largest absolute Gasteiger partial charge is 0.367 e. The number of fused-ring (bicyclic) bond motifs is 1. The molecule has 1 aromatic carbocycles. The molecule has 2 fully saturated rings. The van der Waals surface area contributed by atoms with Gasteiger partial charge in [0.2, 0.25) is 5.95 Å². The second-order valence-corrected chi connectivity index (χ2v) is 10.7. The van der Waals surface area contributed by atoms with Gasteiger partial charge in [0.15, 0.2) is 0 Å². The van der Waals surface area contributed by atoms with Gasteiger partial charge in [0.1, 0.15) is 11.5 Å². The maximum Gasteiger partial charge on any atom is 0.223 e. The molecule has 0 unspecified atom stereocenters. The van der Waals surface area contributed by atoms with Crippen molar-refractivity contribution in [3.05, 3.63) is 59.3 Å². The highest BCUT2D eigenvalue weighted by atomic mass is 15.3. The fourth-order valence-corrected chi connectivity index (χ4v) is 5.88. The minimum Gasteiger partial charge on any atom is -0.367 e. The lowest BCUT2D eigenvalue weighted by Crippen LogP contribution is -2.17. The van der Waals surface area contributed by atoms with Crippen molar-refractivity contribution >= 4 is 17.3 Å². The van der Waals surface area contributed by atoms with Crippen LogP contribution in [-0.2, 0) is 0 Å². The molecule has 2 aliphatic rings. The van der Waals surface area contributed by atoms with Crippen LogP contribution in [0.2, 0.25) is 0 Å². The molecule has 2 aliphatic carbocycles. The van der Waals surface area contributed by atoms with Crippen LogP contribution in [0.4, 0.5) is 11.8 Å². The lowest BCUT2D eigenvalue weighted by atomic mass is 9.99. The first-order valence-corrected chi connectivity index (χ1v) is 13.5. The van der Waals surface area contributed by atoms with E-state index >= 15 is 0 Å². The van der Waals surface area contributed by atoms with Gasteiger partial charge in [-0.2, -0.15) is 5.10 Å². The van der Waals surface area contributed by atoms with E-state index in [2.05, 4.69) is 78.4 Å². The predicted molar refractivity (Wildman–Crippen MR) is 148 cm³/mol. The Balaban J connectivity index is 1.54. The average Bonchev–Trinajstić information content (AvgIpc) is 3.63. The molecule has 2 saturated carbocycles. The van der Waals surface area contributed by atoms with E-state index in [0.29, 0.717) is 12.1 Å². The second-order valence-electron chi connectivity index (χ2n) is 10.7. The van der Waals surface area contributed by atoms with E-state index in [9.17, 15) is 0 Å². The standard InChI is InChI=1S/C30H36N6/c1-19-10-8-11-22(18-19)29-27(25-16-9-17-26(36(25)35-29)32-23-12-4-5-13-23)28-20(2)21(3)31-30(34-28)33-24-14-6-7-15-24/h8-11,16-18,23-24,32H,4-7,12-15H2,1-3H3,(H,31,33,34). The highest BCUT2D eigenvalue weighted by molar-refractivity contribution is 5.93. The van der Waals surface area contributed by atoms with Gasteiger partial charge < -0.3 is 10.6 Å². The summed E-state index contributed by atoms with van der Waals surface area (Å²) in [7, 11) is 0. The Morgan fingerprint density at radius 2 is 1.47 bits per heavy atom. The summed E-state index contributed by atoms with van der Waals surface area (Å²) in [4.78, 5) is 9.96. The van der Waals surface area contributed by atoms with E-state index in [1.54, 1.807) is 0 Å². The Hall–Kier alpha value is -3.41. The summed E-state index contributed by atoms with van der Waals surface area (Å²) < 4.78 is 2.09. The molecule has 6 heteroatoms. The number of anilines is 2. The number of aromatic nitrogens is 4. The van der Waals surface area contributed by atoms with E-state index in [4.69, 9.17) is 15.1 Å². The Labute approximate surface area is 213 Å². The molecule has 2 N–H and O–H groups in total. The van der Waals surface area contributed by atoms with Crippen LogP contribution in [0.3, 0.4) is 0 Å². The number of rotatable bonds is 6. The Morgan fingerprint density at radius 3 is 2.19 bits per heavy atom.